The summed E-state index contributed by atoms with van der Waals surface area (Å²) in [5, 5.41) is 2.97. The number of nitrogens with zero attached hydrogens (tertiary/aromatic N) is 1. The standard InChI is InChI=1S/C19H25N3O/c1-14(2)18(22(3)13-15-8-5-4-6-9-15)19(23)21-17-11-7-10-16(20)12-17/h4-12,14,18H,13,20H2,1-3H3,(H,21,23). The Morgan fingerprint density at radius 3 is 2.43 bits per heavy atom. The number of nitrogens with two attached hydrogens (primary N) is 1. The van der Waals surface area contributed by atoms with Crippen LogP contribution in [-0.2, 0) is 11.3 Å². The number of carbonyl (C=O) groups excluding carboxylic acids is 1. The number of carbonyl (C=O) groups is 1. The van der Waals surface area contributed by atoms with E-state index < -0.39 is 0 Å². The van der Waals surface area contributed by atoms with Crippen LogP contribution in [0.3, 0.4) is 0 Å². The zero-order valence-electron chi connectivity index (χ0n) is 14.0. The molecule has 0 spiro atoms. The van der Waals surface area contributed by atoms with Gasteiger partial charge in [-0.1, -0.05) is 50.2 Å². The van der Waals surface area contributed by atoms with E-state index in [9.17, 15) is 4.79 Å². The highest BCUT2D eigenvalue weighted by atomic mass is 16.2. The van der Waals surface area contributed by atoms with E-state index in [1.54, 1.807) is 12.1 Å². The van der Waals surface area contributed by atoms with E-state index in [1.165, 1.54) is 5.56 Å². The third-order valence-electron chi connectivity index (χ3n) is 3.80. The van der Waals surface area contributed by atoms with Gasteiger partial charge in [-0.15, -0.1) is 0 Å². The monoisotopic (exact) mass is 311 g/mol. The lowest BCUT2D eigenvalue weighted by atomic mass is 10.0. The zero-order chi connectivity index (χ0) is 16.8. The minimum absolute atomic E-state index is 0.0102. The molecule has 2 aromatic rings. The number of nitrogen functional groups attached to an aromatic ring is 1. The number of amides is 1. The van der Waals surface area contributed by atoms with Gasteiger partial charge in [-0.05, 0) is 36.7 Å². The summed E-state index contributed by atoms with van der Waals surface area (Å²) in [7, 11) is 1.98. The quantitative estimate of drug-likeness (QED) is 0.804. The van der Waals surface area contributed by atoms with Gasteiger partial charge >= 0.3 is 0 Å². The fourth-order valence-electron chi connectivity index (χ4n) is 2.81. The van der Waals surface area contributed by atoms with Crippen LogP contribution < -0.4 is 11.1 Å². The Balaban J connectivity index is 2.09. The first-order valence-corrected chi connectivity index (χ1v) is 7.88. The molecule has 0 heterocycles. The molecule has 2 rings (SSSR count). The summed E-state index contributed by atoms with van der Waals surface area (Å²) in [6.45, 7) is 4.85. The van der Waals surface area contributed by atoms with Gasteiger partial charge in [0, 0.05) is 17.9 Å². The van der Waals surface area contributed by atoms with Crippen molar-refractivity contribution in [1.82, 2.24) is 4.90 Å². The topological polar surface area (TPSA) is 58.4 Å². The molecule has 0 aliphatic carbocycles. The predicted molar refractivity (Wildman–Crippen MR) is 96.0 cm³/mol. The molecule has 0 saturated carbocycles. The normalized spacial score (nSPS) is 12.4. The fourth-order valence-corrected chi connectivity index (χ4v) is 2.81. The zero-order valence-corrected chi connectivity index (χ0v) is 14.0. The molecule has 2 aromatic carbocycles. The molecule has 23 heavy (non-hydrogen) atoms. The number of anilines is 2. The molecule has 0 aliphatic rings. The van der Waals surface area contributed by atoms with Crippen LogP contribution in [0.25, 0.3) is 0 Å². The number of hydrogen-bond donors (Lipinski definition) is 2. The Hall–Kier alpha value is -2.33. The average Bonchev–Trinajstić information content (AvgIpc) is 2.47. The Labute approximate surface area is 138 Å². The molecule has 0 aliphatic heterocycles. The highest BCUT2D eigenvalue weighted by Crippen LogP contribution is 2.17. The van der Waals surface area contributed by atoms with E-state index in [4.69, 9.17) is 5.73 Å². The van der Waals surface area contributed by atoms with Gasteiger partial charge in [-0.25, -0.2) is 0 Å². The van der Waals surface area contributed by atoms with Gasteiger partial charge in [-0.3, -0.25) is 9.69 Å². The number of hydrogen-bond acceptors (Lipinski definition) is 3. The first-order valence-electron chi connectivity index (χ1n) is 7.88. The Bertz CT molecular complexity index is 640. The molecule has 1 atom stereocenters. The maximum atomic E-state index is 12.7. The smallest absolute Gasteiger partial charge is 0.241 e. The molecule has 1 amide bonds. The predicted octanol–water partition coefficient (Wildman–Crippen LogP) is 3.36. The van der Waals surface area contributed by atoms with Crippen LogP contribution in [0.5, 0.6) is 0 Å². The molecule has 0 radical (unpaired) electrons. The molecule has 0 bridgehead atoms. The number of nitrogens with one attached hydrogen (secondary N) is 1. The Morgan fingerprint density at radius 2 is 1.83 bits per heavy atom. The summed E-state index contributed by atoms with van der Waals surface area (Å²) in [5.74, 6) is 0.189. The highest BCUT2D eigenvalue weighted by molar-refractivity contribution is 5.95. The van der Waals surface area contributed by atoms with Gasteiger partial charge in [0.1, 0.15) is 0 Å². The van der Waals surface area contributed by atoms with Crippen molar-refractivity contribution in [2.45, 2.75) is 26.4 Å². The van der Waals surface area contributed by atoms with Crippen LogP contribution in [0.1, 0.15) is 19.4 Å². The van der Waals surface area contributed by atoms with E-state index in [-0.39, 0.29) is 17.9 Å². The van der Waals surface area contributed by atoms with Gasteiger partial charge in [0.05, 0.1) is 6.04 Å². The van der Waals surface area contributed by atoms with Crippen molar-refractivity contribution in [3.63, 3.8) is 0 Å². The summed E-state index contributed by atoms with van der Waals surface area (Å²) in [4.78, 5) is 14.8. The van der Waals surface area contributed by atoms with Crippen molar-refractivity contribution < 1.29 is 4.79 Å². The van der Waals surface area contributed by atoms with Crippen LogP contribution >= 0.6 is 0 Å². The molecule has 4 nitrogen and oxygen atoms in total. The summed E-state index contributed by atoms with van der Waals surface area (Å²) < 4.78 is 0. The molecule has 0 aromatic heterocycles. The van der Waals surface area contributed by atoms with Crippen LogP contribution in [-0.4, -0.2) is 23.9 Å². The molecule has 4 heteroatoms. The third-order valence-corrected chi connectivity index (χ3v) is 3.80. The lowest BCUT2D eigenvalue weighted by Crippen LogP contribution is -2.45. The second-order valence-corrected chi connectivity index (χ2v) is 6.20. The Morgan fingerprint density at radius 1 is 1.13 bits per heavy atom. The molecule has 1 unspecified atom stereocenters. The summed E-state index contributed by atoms with van der Waals surface area (Å²) in [6.07, 6.45) is 0. The van der Waals surface area contributed by atoms with Crippen LogP contribution in [0.15, 0.2) is 54.6 Å². The van der Waals surface area contributed by atoms with Crippen molar-refractivity contribution in [3.05, 3.63) is 60.2 Å². The molecule has 122 valence electrons. The number of rotatable bonds is 6. The maximum absolute atomic E-state index is 12.7. The van der Waals surface area contributed by atoms with E-state index in [2.05, 4.69) is 36.2 Å². The molecule has 0 fully saturated rings. The number of likely N-dealkylation sites (N-methyl/N-ethyl adjacent to an activating group) is 1. The van der Waals surface area contributed by atoms with Gasteiger partial charge in [0.15, 0.2) is 0 Å². The van der Waals surface area contributed by atoms with E-state index in [0.717, 1.165) is 12.2 Å². The third kappa shape index (κ3) is 4.83. The minimum atomic E-state index is -0.211. The molecule has 0 saturated heterocycles. The SMILES string of the molecule is CC(C)C(C(=O)Nc1cccc(N)c1)N(C)Cc1ccccc1. The molecular formula is C19H25N3O. The maximum Gasteiger partial charge on any atom is 0.241 e. The van der Waals surface area contributed by atoms with Gasteiger partial charge in [-0.2, -0.15) is 0 Å². The second-order valence-electron chi connectivity index (χ2n) is 6.20. The van der Waals surface area contributed by atoms with Gasteiger partial charge in [0.2, 0.25) is 5.91 Å². The fraction of sp³-hybridized carbons (Fsp3) is 0.316. The van der Waals surface area contributed by atoms with E-state index in [1.807, 2.05) is 37.4 Å². The van der Waals surface area contributed by atoms with E-state index in [0.29, 0.717) is 5.69 Å². The lowest BCUT2D eigenvalue weighted by Gasteiger charge is -2.30. The van der Waals surface area contributed by atoms with Crippen LogP contribution in [0.4, 0.5) is 11.4 Å². The van der Waals surface area contributed by atoms with Crippen molar-refractivity contribution in [1.29, 1.82) is 0 Å². The summed E-state index contributed by atoms with van der Waals surface area (Å²) in [6, 6.07) is 17.2. The van der Waals surface area contributed by atoms with Crippen molar-refractivity contribution in [3.8, 4) is 0 Å². The van der Waals surface area contributed by atoms with Crippen LogP contribution in [0.2, 0.25) is 0 Å². The molecule has 3 N–H and O–H groups in total. The summed E-state index contributed by atoms with van der Waals surface area (Å²) >= 11 is 0. The first kappa shape index (κ1) is 17.0. The van der Waals surface area contributed by atoms with Crippen molar-refractivity contribution in [2.24, 2.45) is 5.92 Å². The highest BCUT2D eigenvalue weighted by Gasteiger charge is 2.26. The van der Waals surface area contributed by atoms with Crippen LogP contribution in [0, 0.1) is 5.92 Å². The first-order chi connectivity index (χ1) is 11.0. The van der Waals surface area contributed by atoms with E-state index >= 15 is 0 Å². The Kier molecular flexibility index (Phi) is 5.77. The van der Waals surface area contributed by atoms with Gasteiger partial charge < -0.3 is 11.1 Å². The average molecular weight is 311 g/mol. The lowest BCUT2D eigenvalue weighted by molar-refractivity contribution is -0.122. The second kappa shape index (κ2) is 7.79. The molecular weight excluding hydrogens is 286 g/mol. The minimum Gasteiger partial charge on any atom is -0.399 e. The number of benzene rings is 2. The van der Waals surface area contributed by atoms with Crippen molar-refractivity contribution in [2.75, 3.05) is 18.1 Å². The largest absolute Gasteiger partial charge is 0.399 e. The van der Waals surface area contributed by atoms with Gasteiger partial charge in [0.25, 0.3) is 0 Å². The van der Waals surface area contributed by atoms with Crippen molar-refractivity contribution >= 4 is 17.3 Å². The summed E-state index contributed by atoms with van der Waals surface area (Å²) in [5.41, 5.74) is 8.33.